The molecule has 0 spiro atoms. The van der Waals surface area contributed by atoms with Crippen LogP contribution in [0, 0.1) is 0 Å². The molecule has 0 radical (unpaired) electrons. The highest BCUT2D eigenvalue weighted by Gasteiger charge is 2.59. The van der Waals surface area contributed by atoms with Crippen LogP contribution >= 0.6 is 0 Å². The number of nitrogens with one attached hydrogen (secondary N) is 1. The Balaban J connectivity index is 2.37. The number of urea groups is 1. The molecular formula is C20H21F5N2O. The van der Waals surface area contributed by atoms with Crippen LogP contribution in [0.4, 0.5) is 26.7 Å². The third kappa shape index (κ3) is 3.18. The summed E-state index contributed by atoms with van der Waals surface area (Å²) in [6, 6.07) is 7.03. The maximum atomic E-state index is 15.2. The molecule has 0 saturated carbocycles. The summed E-state index contributed by atoms with van der Waals surface area (Å²) in [4.78, 5) is 13.4. The molecular weight excluding hydrogens is 379 g/mol. The molecule has 1 fully saturated rings. The third-order valence-electron chi connectivity index (χ3n) is 5.37. The van der Waals surface area contributed by atoms with Gasteiger partial charge in [0.15, 0.2) is 11.7 Å². The van der Waals surface area contributed by atoms with Gasteiger partial charge in [0.1, 0.15) is 6.54 Å². The second-order valence-corrected chi connectivity index (χ2v) is 7.39. The Bertz CT molecular complexity index is 833. The molecule has 28 heavy (non-hydrogen) atoms. The van der Waals surface area contributed by atoms with Gasteiger partial charge in [-0.2, -0.15) is 13.2 Å². The highest BCUT2D eigenvalue weighted by Crippen LogP contribution is 2.53. The van der Waals surface area contributed by atoms with E-state index in [2.05, 4.69) is 5.32 Å². The molecule has 2 atom stereocenters. The van der Waals surface area contributed by atoms with Crippen LogP contribution in [0.2, 0.25) is 0 Å². The molecule has 2 aliphatic rings. The highest BCUT2D eigenvalue weighted by molar-refractivity contribution is 5.81. The molecule has 3 nitrogen and oxygen atoms in total. The summed E-state index contributed by atoms with van der Waals surface area (Å²) in [5, 5.41) is 2.48. The first-order valence-electron chi connectivity index (χ1n) is 9.04. The van der Waals surface area contributed by atoms with Crippen LogP contribution in [0.15, 0.2) is 53.6 Å². The summed E-state index contributed by atoms with van der Waals surface area (Å²) >= 11 is 0. The van der Waals surface area contributed by atoms with Crippen molar-refractivity contribution in [1.82, 2.24) is 10.2 Å². The fourth-order valence-corrected chi connectivity index (χ4v) is 4.38. The normalized spacial score (nSPS) is 28.0. The maximum absolute atomic E-state index is 15.2. The van der Waals surface area contributed by atoms with E-state index in [0.717, 1.165) is 6.08 Å². The first kappa shape index (κ1) is 20.4. The number of carbonyl (C=O) groups is 1. The van der Waals surface area contributed by atoms with Gasteiger partial charge in [-0.3, -0.25) is 0 Å². The van der Waals surface area contributed by atoms with Crippen LogP contribution in [0.1, 0.15) is 38.7 Å². The summed E-state index contributed by atoms with van der Waals surface area (Å²) in [5.74, 6) is -2.33. The van der Waals surface area contributed by atoms with E-state index in [9.17, 15) is 22.4 Å². The number of carbonyl (C=O) groups excluding carboxylic acids is 1. The largest absolute Gasteiger partial charge is 0.406 e. The fraction of sp³-hybridized carbons (Fsp3) is 0.450. The molecule has 0 bridgehead atoms. The molecule has 1 saturated heterocycles. The summed E-state index contributed by atoms with van der Waals surface area (Å²) < 4.78 is 69.6. The molecule has 1 aliphatic carbocycles. The molecule has 2 unspecified atom stereocenters. The summed E-state index contributed by atoms with van der Waals surface area (Å²) in [6.45, 7) is 1.67. The van der Waals surface area contributed by atoms with Crippen molar-refractivity contribution >= 4 is 6.03 Å². The molecule has 1 aromatic carbocycles. The lowest BCUT2D eigenvalue weighted by atomic mass is 9.65. The average molecular weight is 400 g/mol. The zero-order valence-electron chi connectivity index (χ0n) is 15.5. The number of hydrogen-bond donors (Lipinski definition) is 1. The standard InChI is InChI=1S/C20H21F5N2O/c1-3-10-19(13-7-5-4-6-8-13)16-15(22)14(21)9-11-18(16,2)26-17(28)27(19)12-20(23,24)25/h4-9H,3,10-12H2,1-2H3,(H,26,28). The van der Waals surface area contributed by atoms with Crippen LogP contribution in [-0.2, 0) is 5.54 Å². The van der Waals surface area contributed by atoms with Gasteiger partial charge in [-0.25, -0.2) is 13.6 Å². The van der Waals surface area contributed by atoms with Gasteiger partial charge in [-0.05, 0) is 31.4 Å². The van der Waals surface area contributed by atoms with E-state index < -0.39 is 41.5 Å². The molecule has 1 aromatic rings. The smallest absolute Gasteiger partial charge is 0.329 e. The lowest BCUT2D eigenvalue weighted by Gasteiger charge is -2.56. The lowest BCUT2D eigenvalue weighted by Crippen LogP contribution is -2.70. The van der Waals surface area contributed by atoms with Crippen molar-refractivity contribution in [2.24, 2.45) is 0 Å². The molecule has 1 N–H and O–H groups in total. The van der Waals surface area contributed by atoms with Crippen LogP contribution in [0.3, 0.4) is 0 Å². The van der Waals surface area contributed by atoms with Gasteiger partial charge in [-0.15, -0.1) is 0 Å². The van der Waals surface area contributed by atoms with Crippen LogP contribution in [0.5, 0.6) is 0 Å². The van der Waals surface area contributed by atoms with Crippen molar-refractivity contribution in [3.05, 3.63) is 59.2 Å². The minimum atomic E-state index is -4.71. The summed E-state index contributed by atoms with van der Waals surface area (Å²) in [7, 11) is 0. The second-order valence-electron chi connectivity index (χ2n) is 7.39. The van der Waals surface area contributed by atoms with Crippen molar-refractivity contribution < 1.29 is 26.7 Å². The van der Waals surface area contributed by atoms with E-state index in [-0.39, 0.29) is 18.4 Å². The number of hydrogen-bond acceptors (Lipinski definition) is 1. The first-order valence-corrected chi connectivity index (χ1v) is 9.04. The third-order valence-corrected chi connectivity index (χ3v) is 5.37. The van der Waals surface area contributed by atoms with E-state index in [4.69, 9.17) is 0 Å². The Morgan fingerprint density at radius 2 is 1.82 bits per heavy atom. The van der Waals surface area contributed by atoms with E-state index in [0.29, 0.717) is 16.9 Å². The van der Waals surface area contributed by atoms with Gasteiger partial charge in [0.05, 0.1) is 11.1 Å². The molecule has 3 rings (SSSR count). The SMILES string of the molecule is CCCC1(c2ccccc2)C2=C(F)C(F)=CCC2(C)NC(=O)N1CC(F)(F)F. The van der Waals surface area contributed by atoms with Crippen molar-refractivity contribution in [3.63, 3.8) is 0 Å². The second kappa shape index (κ2) is 6.90. The van der Waals surface area contributed by atoms with Gasteiger partial charge in [0.25, 0.3) is 0 Å². The predicted octanol–water partition coefficient (Wildman–Crippen LogP) is 5.51. The van der Waals surface area contributed by atoms with Crippen LogP contribution in [0.25, 0.3) is 0 Å². The van der Waals surface area contributed by atoms with Crippen molar-refractivity contribution in [1.29, 1.82) is 0 Å². The number of fused-ring (bicyclic) bond motifs is 1. The Hall–Kier alpha value is -2.38. The topological polar surface area (TPSA) is 32.3 Å². The van der Waals surface area contributed by atoms with Crippen molar-refractivity contribution in [2.75, 3.05) is 6.54 Å². The number of alkyl halides is 3. The number of rotatable bonds is 4. The number of nitrogens with zero attached hydrogens (tertiary/aromatic N) is 1. The van der Waals surface area contributed by atoms with Gasteiger partial charge >= 0.3 is 12.2 Å². The van der Waals surface area contributed by atoms with Crippen molar-refractivity contribution in [2.45, 2.75) is 50.4 Å². The molecule has 152 valence electrons. The van der Waals surface area contributed by atoms with Gasteiger partial charge in [0.2, 0.25) is 0 Å². The number of halogens is 5. The fourth-order valence-electron chi connectivity index (χ4n) is 4.38. The van der Waals surface area contributed by atoms with Gasteiger partial charge in [0, 0.05) is 5.57 Å². The van der Waals surface area contributed by atoms with Gasteiger partial charge in [-0.1, -0.05) is 43.7 Å². The monoisotopic (exact) mass is 400 g/mol. The van der Waals surface area contributed by atoms with Crippen LogP contribution in [-0.4, -0.2) is 29.2 Å². The Labute approximate surface area is 159 Å². The zero-order chi connectivity index (χ0) is 20.7. The zero-order valence-corrected chi connectivity index (χ0v) is 15.5. The molecule has 2 amide bonds. The van der Waals surface area contributed by atoms with Crippen molar-refractivity contribution in [3.8, 4) is 0 Å². The van der Waals surface area contributed by atoms with Gasteiger partial charge < -0.3 is 10.2 Å². The Morgan fingerprint density at radius 3 is 2.39 bits per heavy atom. The Kier molecular flexibility index (Phi) is 5.02. The first-order chi connectivity index (χ1) is 13.0. The minimum absolute atomic E-state index is 0.0200. The van der Waals surface area contributed by atoms with E-state index in [1.807, 2.05) is 0 Å². The number of allylic oxidation sites excluding steroid dienone is 2. The quantitative estimate of drug-likeness (QED) is 0.665. The molecule has 0 aromatic heterocycles. The number of amides is 2. The van der Waals surface area contributed by atoms with E-state index in [1.54, 1.807) is 37.3 Å². The molecule has 8 heteroatoms. The lowest BCUT2D eigenvalue weighted by molar-refractivity contribution is -0.152. The molecule has 1 aliphatic heterocycles. The highest BCUT2D eigenvalue weighted by atomic mass is 19.4. The van der Waals surface area contributed by atoms with Crippen LogP contribution < -0.4 is 5.32 Å². The summed E-state index contributed by atoms with van der Waals surface area (Å²) in [5.41, 5.74) is -2.93. The Morgan fingerprint density at radius 1 is 1.18 bits per heavy atom. The minimum Gasteiger partial charge on any atom is -0.329 e. The van der Waals surface area contributed by atoms with E-state index in [1.165, 1.54) is 6.92 Å². The maximum Gasteiger partial charge on any atom is 0.406 e. The molecule has 1 heterocycles. The summed E-state index contributed by atoms with van der Waals surface area (Å²) in [6.07, 6.45) is -3.37. The average Bonchev–Trinajstić information content (AvgIpc) is 2.61. The predicted molar refractivity (Wildman–Crippen MR) is 94.7 cm³/mol. The number of benzene rings is 1. The van der Waals surface area contributed by atoms with E-state index >= 15 is 4.39 Å².